The van der Waals surface area contributed by atoms with Crippen LogP contribution in [0, 0.1) is 12.3 Å². The maximum Gasteiger partial charge on any atom is 0.233 e. The van der Waals surface area contributed by atoms with Crippen molar-refractivity contribution in [2.24, 2.45) is 10.7 Å². The third-order valence-corrected chi connectivity index (χ3v) is 8.68. The first-order chi connectivity index (χ1) is 15.6. The van der Waals surface area contributed by atoms with Gasteiger partial charge in [0.1, 0.15) is 27.6 Å². The lowest BCUT2D eigenvalue weighted by molar-refractivity contribution is 0.0987. The molecule has 33 heavy (non-hydrogen) atoms. The van der Waals surface area contributed by atoms with E-state index in [1.165, 1.54) is 12.4 Å². The molecule has 0 saturated carbocycles. The van der Waals surface area contributed by atoms with E-state index in [4.69, 9.17) is 21.6 Å². The molecule has 4 rings (SSSR count). The number of fused-ring (bicyclic) bond motifs is 2. The van der Waals surface area contributed by atoms with E-state index in [0.29, 0.717) is 29.9 Å². The van der Waals surface area contributed by atoms with Crippen molar-refractivity contribution in [3.05, 3.63) is 47.4 Å². The van der Waals surface area contributed by atoms with Crippen LogP contribution in [0.3, 0.4) is 0 Å². The molecule has 0 radical (unpaired) electrons. The van der Waals surface area contributed by atoms with E-state index < -0.39 is 20.1 Å². The minimum atomic E-state index is -3.57. The SMILES string of the molecule is C#CCOc1cnc(C(=O)Cc2ccc3c(c2)[C@]2(CCO3)CS(=O)(=O)C(C)(C)C(N)=N2)cn1. The highest BCUT2D eigenvalue weighted by atomic mass is 32.2. The second kappa shape index (κ2) is 8.15. The molecule has 2 aliphatic heterocycles. The standard InChI is InChI=1S/C23H24N4O5S/c1-4-8-32-20-13-25-17(12-26-20)18(28)11-15-5-6-19-16(10-15)23(7-9-31-19)14-33(29,30)22(2,3)21(24)27-23/h1,5-6,10,12-13H,7-9,11,14H2,2-3H3,(H2,24,27)/t23-/m0/s1. The summed E-state index contributed by atoms with van der Waals surface area (Å²) in [6, 6.07) is 5.27. The van der Waals surface area contributed by atoms with Crippen LogP contribution in [-0.4, -0.2) is 53.7 Å². The molecule has 0 saturated heterocycles. The summed E-state index contributed by atoms with van der Waals surface area (Å²) < 4.78 is 35.8. The van der Waals surface area contributed by atoms with Gasteiger partial charge in [0, 0.05) is 18.4 Å². The molecule has 1 atom stereocenters. The average Bonchev–Trinajstić information content (AvgIpc) is 2.77. The highest BCUT2D eigenvalue weighted by Gasteiger charge is 2.52. The highest BCUT2D eigenvalue weighted by Crippen LogP contribution is 2.45. The van der Waals surface area contributed by atoms with Crippen molar-refractivity contribution in [1.82, 2.24) is 9.97 Å². The number of hydrogen-bond donors (Lipinski definition) is 1. The quantitative estimate of drug-likeness (QED) is 0.515. The summed E-state index contributed by atoms with van der Waals surface area (Å²) in [5.74, 6) is 2.74. The van der Waals surface area contributed by atoms with Crippen LogP contribution in [0.1, 0.15) is 41.9 Å². The molecule has 2 N–H and O–H groups in total. The minimum absolute atomic E-state index is 0.0417. The van der Waals surface area contributed by atoms with Gasteiger partial charge in [0.15, 0.2) is 22.2 Å². The van der Waals surface area contributed by atoms with Crippen LogP contribution in [-0.2, 0) is 21.8 Å². The predicted octanol–water partition coefficient (Wildman–Crippen LogP) is 1.46. The molecule has 0 bridgehead atoms. The van der Waals surface area contributed by atoms with E-state index in [9.17, 15) is 13.2 Å². The summed E-state index contributed by atoms with van der Waals surface area (Å²) in [7, 11) is -3.57. The number of Topliss-reactive ketones (excluding diaryl/α,β-unsaturated/α-hetero) is 1. The third kappa shape index (κ3) is 4.04. The number of benzene rings is 1. The van der Waals surface area contributed by atoms with Gasteiger partial charge in [-0.1, -0.05) is 12.0 Å². The van der Waals surface area contributed by atoms with Crippen molar-refractivity contribution < 1.29 is 22.7 Å². The fraction of sp³-hybridized carbons (Fsp3) is 0.391. The number of hydrogen-bond acceptors (Lipinski definition) is 9. The van der Waals surface area contributed by atoms with Gasteiger partial charge >= 0.3 is 0 Å². The number of carbonyl (C=O) groups excluding carboxylic acids is 1. The molecular formula is C23H24N4O5S. The van der Waals surface area contributed by atoms with Crippen molar-refractivity contribution in [3.63, 3.8) is 0 Å². The number of aliphatic imine (C=N–C) groups is 1. The van der Waals surface area contributed by atoms with Gasteiger partial charge in [0.25, 0.3) is 0 Å². The monoisotopic (exact) mass is 468 g/mol. The molecule has 172 valence electrons. The molecule has 0 fully saturated rings. The highest BCUT2D eigenvalue weighted by molar-refractivity contribution is 7.93. The fourth-order valence-electron chi connectivity index (χ4n) is 3.89. The smallest absolute Gasteiger partial charge is 0.233 e. The summed E-state index contributed by atoms with van der Waals surface area (Å²) in [5, 5.41) is 0. The zero-order valence-electron chi connectivity index (χ0n) is 18.4. The number of nitrogens with two attached hydrogens (primary N) is 1. The molecule has 1 spiro atoms. The lowest BCUT2D eigenvalue weighted by atomic mass is 9.84. The van der Waals surface area contributed by atoms with E-state index in [1.54, 1.807) is 32.0 Å². The van der Waals surface area contributed by atoms with Gasteiger partial charge in [-0.25, -0.2) is 18.4 Å². The van der Waals surface area contributed by atoms with Crippen molar-refractivity contribution in [1.29, 1.82) is 0 Å². The largest absolute Gasteiger partial charge is 0.493 e. The van der Waals surface area contributed by atoms with E-state index in [2.05, 4.69) is 20.9 Å². The zero-order chi connectivity index (χ0) is 23.9. The molecule has 10 heteroatoms. The Morgan fingerprint density at radius 1 is 1.30 bits per heavy atom. The van der Waals surface area contributed by atoms with Crippen molar-refractivity contribution in [3.8, 4) is 24.0 Å². The second-order valence-corrected chi connectivity index (χ2v) is 11.1. The maximum absolute atomic E-state index is 13.0. The zero-order valence-corrected chi connectivity index (χ0v) is 19.2. The van der Waals surface area contributed by atoms with Crippen LogP contribution in [0.2, 0.25) is 0 Å². The molecule has 2 aromatic rings. The van der Waals surface area contributed by atoms with Crippen LogP contribution < -0.4 is 15.2 Å². The van der Waals surface area contributed by atoms with Crippen LogP contribution >= 0.6 is 0 Å². The number of ketones is 1. The lowest BCUT2D eigenvalue weighted by Gasteiger charge is -2.42. The Morgan fingerprint density at radius 2 is 2.09 bits per heavy atom. The minimum Gasteiger partial charge on any atom is -0.493 e. The van der Waals surface area contributed by atoms with Gasteiger partial charge in [-0.3, -0.25) is 9.79 Å². The summed E-state index contributed by atoms with van der Waals surface area (Å²) >= 11 is 0. The molecule has 9 nitrogen and oxygen atoms in total. The number of nitrogens with zero attached hydrogens (tertiary/aromatic N) is 3. The lowest BCUT2D eigenvalue weighted by Crippen LogP contribution is -2.56. The van der Waals surface area contributed by atoms with E-state index in [1.807, 2.05) is 0 Å². The van der Waals surface area contributed by atoms with Gasteiger partial charge in [0.05, 0.1) is 24.8 Å². The van der Waals surface area contributed by atoms with Gasteiger partial charge in [-0.2, -0.15) is 0 Å². The number of carbonyl (C=O) groups is 1. The van der Waals surface area contributed by atoms with Crippen LogP contribution in [0.4, 0.5) is 0 Å². The van der Waals surface area contributed by atoms with Gasteiger partial charge < -0.3 is 15.2 Å². The van der Waals surface area contributed by atoms with Gasteiger partial charge in [0.2, 0.25) is 5.88 Å². The molecule has 0 aliphatic carbocycles. The molecule has 0 amide bonds. The Labute approximate surface area is 192 Å². The first-order valence-corrected chi connectivity index (χ1v) is 12.0. The van der Waals surface area contributed by atoms with E-state index in [0.717, 1.165) is 0 Å². The normalized spacial score (nSPS) is 22.4. The summed E-state index contributed by atoms with van der Waals surface area (Å²) in [6.45, 7) is 3.50. The maximum atomic E-state index is 13.0. The van der Waals surface area contributed by atoms with Crippen molar-refractivity contribution in [2.75, 3.05) is 19.0 Å². The third-order valence-electron chi connectivity index (χ3n) is 6.06. The van der Waals surface area contributed by atoms with E-state index >= 15 is 0 Å². The predicted molar refractivity (Wildman–Crippen MR) is 122 cm³/mol. The number of rotatable bonds is 5. The van der Waals surface area contributed by atoms with E-state index in [-0.39, 0.29) is 42.0 Å². The van der Waals surface area contributed by atoms with Crippen LogP contribution in [0.15, 0.2) is 35.6 Å². The Morgan fingerprint density at radius 3 is 2.76 bits per heavy atom. The Bertz CT molecular complexity index is 1280. The average molecular weight is 469 g/mol. The number of ether oxygens (including phenoxy) is 2. The number of aromatic nitrogens is 2. The molecule has 0 unspecified atom stereocenters. The Kier molecular flexibility index (Phi) is 5.62. The topological polar surface area (TPSA) is 134 Å². The number of terminal acetylenes is 1. The molecule has 3 heterocycles. The van der Waals surface area contributed by atoms with Crippen LogP contribution in [0.5, 0.6) is 11.6 Å². The number of amidine groups is 1. The van der Waals surface area contributed by atoms with Crippen LogP contribution in [0.25, 0.3) is 0 Å². The van der Waals surface area contributed by atoms with Gasteiger partial charge in [-0.05, 0) is 31.5 Å². The first-order valence-electron chi connectivity index (χ1n) is 10.3. The second-order valence-electron chi connectivity index (χ2n) is 8.56. The van der Waals surface area contributed by atoms with Crippen molar-refractivity contribution in [2.45, 2.75) is 37.0 Å². The Hall–Kier alpha value is -3.45. The van der Waals surface area contributed by atoms with Gasteiger partial charge in [-0.15, -0.1) is 6.42 Å². The summed E-state index contributed by atoms with van der Waals surface area (Å²) in [5.41, 5.74) is 6.55. The fourth-order valence-corrected chi connectivity index (χ4v) is 5.60. The van der Waals surface area contributed by atoms with Crippen molar-refractivity contribution >= 4 is 21.5 Å². The summed E-state index contributed by atoms with van der Waals surface area (Å²) in [6.07, 6.45) is 8.23. The number of sulfone groups is 1. The molecule has 1 aromatic heterocycles. The molecule has 1 aromatic carbocycles. The first kappa shape index (κ1) is 22.7. The molecule has 2 aliphatic rings. The molecular weight excluding hydrogens is 444 g/mol. The summed E-state index contributed by atoms with van der Waals surface area (Å²) in [4.78, 5) is 25.6. The Balaban J connectivity index is 1.64.